The number of ether oxygens (including phenoxy) is 6. The minimum atomic E-state index is -2.14. The Morgan fingerprint density at radius 2 is 1.14 bits per heavy atom. The van der Waals surface area contributed by atoms with Crippen molar-refractivity contribution in [1.29, 1.82) is 0 Å². The van der Waals surface area contributed by atoms with E-state index in [4.69, 9.17) is 51.6 Å². The first-order valence-electron chi connectivity index (χ1n) is 32.6. The molecule has 8 atom stereocenters. The van der Waals surface area contributed by atoms with Crippen LogP contribution in [0.15, 0.2) is 78.9 Å². The number of aliphatic hydroxyl groups excluding tert-OH is 1. The average molecular weight is 1460 g/mol. The predicted octanol–water partition coefficient (Wildman–Crippen LogP) is 7.77. The van der Waals surface area contributed by atoms with Gasteiger partial charge in [-0.1, -0.05) is 41.4 Å². The molecule has 0 fully saturated rings. The molecule has 11 bridgehead atoms. The number of fused-ring (bicyclic) bond motifs is 15. The molecular weight excluding hydrogens is 1370 g/mol. The fraction of sp³-hybridized carbons (Fsp3) is 0.429. The van der Waals surface area contributed by atoms with E-state index in [1.54, 1.807) is 62.3 Å². The van der Waals surface area contributed by atoms with Crippen molar-refractivity contribution < 1.29 is 102 Å². The topological polar surface area (TPSA) is 436 Å². The number of unbranched alkanes of at least 4 members (excludes halogenated alkanes) is 2. The van der Waals surface area contributed by atoms with Gasteiger partial charge in [-0.2, -0.15) is 0 Å². The van der Waals surface area contributed by atoms with Crippen LogP contribution in [0.25, 0.3) is 11.1 Å². The quantitative estimate of drug-likeness (QED) is 0.0287. The Morgan fingerprint density at radius 1 is 0.578 bits per heavy atom. The summed E-state index contributed by atoms with van der Waals surface area (Å²) in [5, 5.41) is 81.5. The van der Waals surface area contributed by atoms with Gasteiger partial charge in [0.1, 0.15) is 87.9 Å². The fourth-order valence-electron chi connectivity index (χ4n) is 11.1. The van der Waals surface area contributed by atoms with Gasteiger partial charge in [-0.25, -0.2) is 19.2 Å². The summed E-state index contributed by atoms with van der Waals surface area (Å²) >= 11 is 13.9. The second-order valence-corrected chi connectivity index (χ2v) is 28.2. The summed E-state index contributed by atoms with van der Waals surface area (Å²) in [6.07, 6.45) is -4.51. The lowest BCUT2D eigenvalue weighted by Gasteiger charge is -2.31. The number of nitrogens with one attached hydrogen (secondary N) is 9. The van der Waals surface area contributed by atoms with Crippen molar-refractivity contribution in [3.63, 3.8) is 0 Å². The molecule has 30 nitrogen and oxygen atoms in total. The molecule has 0 saturated heterocycles. The zero-order chi connectivity index (χ0) is 74.9. The largest absolute Gasteiger partial charge is 0.508 e. The Kier molecular flexibility index (Phi) is 24.6. The van der Waals surface area contributed by atoms with E-state index in [2.05, 4.69) is 47.9 Å². The van der Waals surface area contributed by atoms with Crippen LogP contribution in [0.1, 0.15) is 153 Å². The number of benzene rings is 5. The monoisotopic (exact) mass is 1460 g/mol. The van der Waals surface area contributed by atoms with Gasteiger partial charge in [0, 0.05) is 42.3 Å². The molecule has 32 heteroatoms. The van der Waals surface area contributed by atoms with Gasteiger partial charge in [-0.15, -0.1) is 0 Å². The molecule has 9 amide bonds. The van der Waals surface area contributed by atoms with E-state index in [1.807, 2.05) is 0 Å². The van der Waals surface area contributed by atoms with E-state index < -0.39 is 165 Å². The predicted molar refractivity (Wildman–Crippen MR) is 366 cm³/mol. The van der Waals surface area contributed by atoms with Crippen LogP contribution in [0.5, 0.6) is 46.0 Å². The Morgan fingerprint density at radius 3 is 1.74 bits per heavy atom. The number of esters is 1. The third-order valence-electron chi connectivity index (χ3n) is 15.8. The fourth-order valence-corrected chi connectivity index (χ4v) is 11.6. The van der Waals surface area contributed by atoms with Gasteiger partial charge < -0.3 is 102 Å². The number of halogens is 2. The number of carbonyl (C=O) groups excluding carboxylic acids is 10. The Bertz CT molecular complexity index is 4060. The minimum absolute atomic E-state index is 0.00587. The van der Waals surface area contributed by atoms with Crippen molar-refractivity contribution in [3.05, 3.63) is 117 Å². The van der Waals surface area contributed by atoms with Crippen LogP contribution >= 0.6 is 23.2 Å². The summed E-state index contributed by atoms with van der Waals surface area (Å²) in [7, 11) is 0.967. The third-order valence-corrected chi connectivity index (χ3v) is 16.4. The number of carbonyl (C=O) groups is 10. The molecule has 14 N–H and O–H groups in total. The molecule has 5 aromatic carbocycles. The van der Waals surface area contributed by atoms with Crippen molar-refractivity contribution in [2.24, 2.45) is 0 Å². The standard InChI is InChI=1S/C70H83Cl2N9O21/c1-68(2,3)100-65(94)73-23-13-11-15-42-59(88)78-53-36-29-49(98-47-21-17-33(25-40(47)71)26-44(60(89)75-42)76-58(87)43(77-67(96)102-70(7,8)9)16-12-14-24-74-66(95)101-69(4,5)6)57(86)50(30-36)99-48-22-19-35(28-41(48)72)56(85)55-63(92)80-54(64(93)97-10)39-31-37(82)32-46(84)51(39)38-27-34(18-20-45(38)83)52(61(90)81-55)79-62(53)91/h17-22,25,27-32,42-44,52-56,82-86H,11-16,23-24,26H2,1-10H3,(H,73,94)(H,74,95)(H,75,89)(H,76,87)(H,77,96)(H,78,88)(H,79,91)(H,80,92)(H,81,90)/t42-,43+,44+,52+,53+,54-,55-,56+/m0/s1. The Hall–Kier alpha value is -10.5. The summed E-state index contributed by atoms with van der Waals surface area (Å²) in [4.78, 5) is 144. The maximum absolute atomic E-state index is 15.9. The molecule has 5 aromatic rings. The second kappa shape index (κ2) is 32.5. The maximum Gasteiger partial charge on any atom is 0.408 e. The van der Waals surface area contributed by atoms with Gasteiger partial charge in [-0.3, -0.25) is 28.8 Å². The van der Waals surface area contributed by atoms with Gasteiger partial charge in [0.25, 0.3) is 0 Å². The van der Waals surface area contributed by atoms with E-state index >= 15 is 19.2 Å². The molecule has 0 saturated carbocycles. The number of methoxy groups -OCH3 is 1. The van der Waals surface area contributed by atoms with Crippen LogP contribution in [0.3, 0.4) is 0 Å². The lowest BCUT2D eigenvalue weighted by atomic mass is 9.89. The van der Waals surface area contributed by atoms with Crippen LogP contribution in [0.4, 0.5) is 14.4 Å². The normalized spacial score (nSPS) is 19.6. The molecule has 5 aliphatic heterocycles. The van der Waals surface area contributed by atoms with E-state index in [1.165, 1.54) is 30.3 Å². The van der Waals surface area contributed by atoms with Crippen molar-refractivity contribution in [3.8, 4) is 57.1 Å². The highest BCUT2D eigenvalue weighted by atomic mass is 35.5. The van der Waals surface area contributed by atoms with Crippen LogP contribution in [0, 0.1) is 0 Å². The number of hydrogen-bond donors (Lipinski definition) is 14. The highest BCUT2D eigenvalue weighted by Crippen LogP contribution is 2.48. The summed E-state index contributed by atoms with van der Waals surface area (Å²) < 4.78 is 33.9. The molecule has 548 valence electrons. The smallest absolute Gasteiger partial charge is 0.408 e. The van der Waals surface area contributed by atoms with E-state index in [9.17, 15) is 54.3 Å². The summed E-state index contributed by atoms with van der Waals surface area (Å²) in [5.74, 6) is -12.2. The third kappa shape index (κ3) is 20.4. The maximum atomic E-state index is 15.9. The van der Waals surface area contributed by atoms with E-state index in [0.29, 0.717) is 12.0 Å². The first-order chi connectivity index (χ1) is 47.8. The average Bonchev–Trinajstić information content (AvgIpc) is 0.762. The molecule has 0 spiro atoms. The molecule has 0 aliphatic carbocycles. The molecule has 102 heavy (non-hydrogen) atoms. The molecule has 5 heterocycles. The van der Waals surface area contributed by atoms with Crippen LogP contribution < -0.4 is 57.3 Å². The minimum Gasteiger partial charge on any atom is -0.508 e. The number of hydrogen-bond acceptors (Lipinski definition) is 21. The number of aromatic hydroxyl groups is 4. The molecular formula is C70H83Cl2N9O21. The van der Waals surface area contributed by atoms with Crippen LogP contribution in [0.2, 0.25) is 10.0 Å². The number of phenolic OH excluding ortho intramolecular Hbond substituents is 4. The Balaban J connectivity index is 1.27. The zero-order valence-corrected chi connectivity index (χ0v) is 59.0. The Labute approximate surface area is 596 Å². The van der Waals surface area contributed by atoms with Gasteiger partial charge in [0.15, 0.2) is 17.5 Å². The highest BCUT2D eigenvalue weighted by molar-refractivity contribution is 6.32. The SMILES string of the molecule is COC(=O)[C@H]1NC(=O)[C@H]2NC(=O)[C@H](NC(=O)[C@@H]3NC(=O)[C@H](CCCCNC(=O)OC(C)(C)C)NC(=O)[C@H](NC(=O)[C@@H](CCCCNC(=O)OC(C)(C)C)NC(=O)OC(C)(C)C)Cc4ccc(c(Cl)c4)Oc4cc3cc(c4O)Oc3ccc(cc3Cl)[C@H]2O)c2ccc(O)c(c2)-c2c(O)cc(O)cc21. The van der Waals surface area contributed by atoms with Crippen molar-refractivity contribution >= 4 is 82.9 Å². The summed E-state index contributed by atoms with van der Waals surface area (Å²) in [6, 6.07) is 2.29. The zero-order valence-electron chi connectivity index (χ0n) is 57.5. The molecule has 0 radical (unpaired) electrons. The van der Waals surface area contributed by atoms with E-state index in [0.717, 1.165) is 55.6 Å². The van der Waals surface area contributed by atoms with Crippen molar-refractivity contribution in [2.45, 2.75) is 172 Å². The van der Waals surface area contributed by atoms with Crippen LogP contribution in [-0.2, 0) is 58.9 Å². The first-order valence-corrected chi connectivity index (χ1v) is 33.3. The van der Waals surface area contributed by atoms with Gasteiger partial charge in [0.05, 0.1) is 17.2 Å². The number of amides is 9. The van der Waals surface area contributed by atoms with E-state index in [-0.39, 0.29) is 101 Å². The van der Waals surface area contributed by atoms with Crippen molar-refractivity contribution in [1.82, 2.24) is 47.9 Å². The summed E-state index contributed by atoms with van der Waals surface area (Å²) in [5.41, 5.74) is -4.17. The second-order valence-electron chi connectivity index (χ2n) is 27.4. The van der Waals surface area contributed by atoms with Gasteiger partial charge in [-0.05, 0) is 178 Å². The number of aliphatic hydroxyl groups is 1. The van der Waals surface area contributed by atoms with Gasteiger partial charge in [0.2, 0.25) is 41.2 Å². The summed E-state index contributed by atoms with van der Waals surface area (Å²) in [6.45, 7) is 15.0. The molecule has 0 unspecified atom stereocenters. The van der Waals surface area contributed by atoms with Gasteiger partial charge >= 0.3 is 24.2 Å². The molecule has 0 aromatic heterocycles. The number of alkyl carbamates (subject to hydrolysis) is 3. The highest BCUT2D eigenvalue weighted by Gasteiger charge is 2.41. The number of rotatable bonds is 14. The van der Waals surface area contributed by atoms with Crippen LogP contribution in [-0.4, -0.2) is 146 Å². The molecule has 5 aliphatic rings. The number of phenols is 4. The first kappa shape index (κ1) is 77.3. The molecule has 10 rings (SSSR count). The lowest BCUT2D eigenvalue weighted by molar-refractivity contribution is -0.146. The van der Waals surface area contributed by atoms with Crippen molar-refractivity contribution in [2.75, 3.05) is 20.2 Å². The lowest BCUT2D eigenvalue weighted by Crippen LogP contribution is -2.58.